The van der Waals surface area contributed by atoms with Gasteiger partial charge >= 0.3 is 0 Å². The van der Waals surface area contributed by atoms with Crippen molar-refractivity contribution in [3.05, 3.63) is 6.33 Å². The van der Waals surface area contributed by atoms with E-state index in [1.54, 1.807) is 0 Å². The Kier molecular flexibility index (Phi) is 4.51. The van der Waals surface area contributed by atoms with Gasteiger partial charge in [-0.15, -0.1) is 0 Å². The summed E-state index contributed by atoms with van der Waals surface area (Å²) in [5.41, 5.74) is 6.02. The summed E-state index contributed by atoms with van der Waals surface area (Å²) in [7, 11) is 0. The molecule has 17 heavy (non-hydrogen) atoms. The Hall–Kier alpha value is -1.56. The Bertz CT molecular complexity index is 368. The largest absolute Gasteiger partial charge is 0.476 e. The molecule has 4 N–H and O–H groups in total. The van der Waals surface area contributed by atoms with Crippen LogP contribution >= 0.6 is 0 Å². The highest BCUT2D eigenvalue weighted by Gasteiger charge is 2.17. The highest BCUT2D eigenvalue weighted by Crippen LogP contribution is 2.25. The molecule has 0 unspecified atom stereocenters. The van der Waals surface area contributed by atoms with Crippen molar-refractivity contribution in [3.63, 3.8) is 0 Å². The van der Waals surface area contributed by atoms with Crippen LogP contribution in [-0.4, -0.2) is 34.8 Å². The van der Waals surface area contributed by atoms with Gasteiger partial charge < -0.3 is 20.9 Å². The number of aromatic nitrogens is 2. The van der Waals surface area contributed by atoms with E-state index in [-0.39, 0.29) is 12.0 Å². The molecule has 1 aromatic heterocycles. The number of rotatable bonds is 6. The maximum absolute atomic E-state index is 9.15. The predicted octanol–water partition coefficient (Wildman–Crippen LogP) is 0.888. The standard InChI is InChI=1S/C11H20N4O2/c1-4-17-10-8(12)9(14-7-15-10)13-5-11(2,3)6-16/h7,16H,4-6,12H2,1-3H3,(H,13,14,15). The molecule has 0 spiro atoms. The zero-order valence-electron chi connectivity index (χ0n) is 10.5. The second kappa shape index (κ2) is 5.67. The number of hydrogen-bond donors (Lipinski definition) is 3. The van der Waals surface area contributed by atoms with Gasteiger partial charge in [0.15, 0.2) is 5.82 Å². The van der Waals surface area contributed by atoms with E-state index in [0.29, 0.717) is 30.5 Å². The Morgan fingerprint density at radius 2 is 2.18 bits per heavy atom. The molecule has 0 radical (unpaired) electrons. The van der Waals surface area contributed by atoms with Crippen molar-refractivity contribution < 1.29 is 9.84 Å². The third-order valence-corrected chi connectivity index (χ3v) is 2.29. The zero-order valence-corrected chi connectivity index (χ0v) is 10.5. The van der Waals surface area contributed by atoms with Crippen LogP contribution in [0.25, 0.3) is 0 Å². The fourth-order valence-electron chi connectivity index (χ4n) is 1.15. The number of hydrogen-bond acceptors (Lipinski definition) is 6. The molecule has 0 saturated carbocycles. The van der Waals surface area contributed by atoms with Crippen molar-refractivity contribution in [2.45, 2.75) is 20.8 Å². The third kappa shape index (κ3) is 3.74. The summed E-state index contributed by atoms with van der Waals surface area (Å²) in [5.74, 6) is 0.914. The lowest BCUT2D eigenvalue weighted by molar-refractivity contribution is 0.170. The van der Waals surface area contributed by atoms with Crippen molar-refractivity contribution in [2.24, 2.45) is 5.41 Å². The van der Waals surface area contributed by atoms with Crippen LogP contribution in [0.2, 0.25) is 0 Å². The Morgan fingerprint density at radius 1 is 1.47 bits per heavy atom. The van der Waals surface area contributed by atoms with Gasteiger partial charge in [-0.25, -0.2) is 4.98 Å². The molecule has 6 heteroatoms. The van der Waals surface area contributed by atoms with Crippen molar-refractivity contribution in [1.29, 1.82) is 0 Å². The van der Waals surface area contributed by atoms with Crippen LogP contribution in [0.5, 0.6) is 5.88 Å². The lowest BCUT2D eigenvalue weighted by Crippen LogP contribution is -2.27. The van der Waals surface area contributed by atoms with E-state index in [4.69, 9.17) is 15.6 Å². The number of nitrogens with two attached hydrogens (primary N) is 1. The van der Waals surface area contributed by atoms with Crippen LogP contribution in [-0.2, 0) is 0 Å². The minimum Gasteiger partial charge on any atom is -0.476 e. The van der Waals surface area contributed by atoms with Crippen LogP contribution in [0.4, 0.5) is 11.5 Å². The van der Waals surface area contributed by atoms with E-state index in [1.165, 1.54) is 6.33 Å². The quantitative estimate of drug-likeness (QED) is 0.683. The molecule has 6 nitrogen and oxygen atoms in total. The molecule has 0 saturated heterocycles. The summed E-state index contributed by atoms with van der Waals surface area (Å²) in [6.45, 7) is 6.91. The van der Waals surface area contributed by atoms with Gasteiger partial charge in [0.1, 0.15) is 12.0 Å². The van der Waals surface area contributed by atoms with Gasteiger partial charge in [0.2, 0.25) is 5.88 Å². The number of aliphatic hydroxyl groups is 1. The Morgan fingerprint density at radius 3 is 2.76 bits per heavy atom. The maximum atomic E-state index is 9.15. The first-order chi connectivity index (χ1) is 8.00. The van der Waals surface area contributed by atoms with Gasteiger partial charge in [-0.05, 0) is 6.92 Å². The number of nitrogens with zero attached hydrogens (tertiary/aromatic N) is 2. The van der Waals surface area contributed by atoms with Crippen LogP contribution in [0.1, 0.15) is 20.8 Å². The Labute approximate surface area is 101 Å². The number of ether oxygens (including phenoxy) is 1. The molecule has 1 rings (SSSR count). The minimum absolute atomic E-state index is 0.0866. The lowest BCUT2D eigenvalue weighted by atomic mass is 9.95. The van der Waals surface area contributed by atoms with Crippen molar-refractivity contribution >= 4 is 11.5 Å². The van der Waals surface area contributed by atoms with Crippen LogP contribution in [0.3, 0.4) is 0 Å². The van der Waals surface area contributed by atoms with Gasteiger partial charge in [-0.2, -0.15) is 4.98 Å². The average Bonchev–Trinajstić information content (AvgIpc) is 2.31. The van der Waals surface area contributed by atoms with E-state index < -0.39 is 0 Å². The molecule has 1 aromatic rings. The Balaban J connectivity index is 2.75. The van der Waals surface area contributed by atoms with Crippen LogP contribution in [0, 0.1) is 5.41 Å². The first kappa shape index (κ1) is 13.5. The summed E-state index contributed by atoms with van der Waals surface area (Å²) in [4.78, 5) is 8.00. The summed E-state index contributed by atoms with van der Waals surface area (Å²) in [6, 6.07) is 0. The highest BCUT2D eigenvalue weighted by atomic mass is 16.5. The zero-order chi connectivity index (χ0) is 12.9. The first-order valence-electron chi connectivity index (χ1n) is 5.58. The van der Waals surface area contributed by atoms with Gasteiger partial charge in [-0.1, -0.05) is 13.8 Å². The molecule has 0 aliphatic carbocycles. The molecule has 0 amide bonds. The maximum Gasteiger partial charge on any atom is 0.242 e. The number of anilines is 2. The second-order valence-electron chi connectivity index (χ2n) is 4.55. The van der Waals surface area contributed by atoms with E-state index in [1.807, 2.05) is 20.8 Å². The summed E-state index contributed by atoms with van der Waals surface area (Å²) >= 11 is 0. The van der Waals surface area contributed by atoms with E-state index >= 15 is 0 Å². The topological polar surface area (TPSA) is 93.3 Å². The van der Waals surface area contributed by atoms with Gasteiger partial charge in [0.05, 0.1) is 6.61 Å². The van der Waals surface area contributed by atoms with Gasteiger partial charge in [0.25, 0.3) is 0 Å². The molecule has 0 aliphatic rings. The van der Waals surface area contributed by atoms with Crippen LogP contribution < -0.4 is 15.8 Å². The van der Waals surface area contributed by atoms with E-state index in [0.717, 1.165) is 0 Å². The number of nitrogens with one attached hydrogen (secondary N) is 1. The molecule has 96 valence electrons. The molecule has 0 aliphatic heterocycles. The average molecular weight is 240 g/mol. The normalized spacial score (nSPS) is 11.3. The molecule has 0 aromatic carbocycles. The third-order valence-electron chi connectivity index (χ3n) is 2.29. The smallest absolute Gasteiger partial charge is 0.242 e. The van der Waals surface area contributed by atoms with Gasteiger partial charge in [0, 0.05) is 18.6 Å². The molecule has 0 bridgehead atoms. The fraction of sp³-hybridized carbons (Fsp3) is 0.636. The highest BCUT2D eigenvalue weighted by molar-refractivity contribution is 5.66. The SMILES string of the molecule is CCOc1ncnc(NCC(C)(C)CO)c1N. The molecule has 1 heterocycles. The molecular formula is C11H20N4O2. The fourth-order valence-corrected chi connectivity index (χ4v) is 1.15. The van der Waals surface area contributed by atoms with Crippen molar-refractivity contribution in [2.75, 3.05) is 30.8 Å². The van der Waals surface area contributed by atoms with E-state index in [9.17, 15) is 0 Å². The monoisotopic (exact) mass is 240 g/mol. The number of aliphatic hydroxyl groups excluding tert-OH is 1. The first-order valence-corrected chi connectivity index (χ1v) is 5.58. The minimum atomic E-state index is -0.233. The molecule has 0 atom stereocenters. The molecular weight excluding hydrogens is 220 g/mol. The van der Waals surface area contributed by atoms with E-state index in [2.05, 4.69) is 15.3 Å². The van der Waals surface area contributed by atoms with Gasteiger partial charge in [-0.3, -0.25) is 0 Å². The van der Waals surface area contributed by atoms with Crippen molar-refractivity contribution in [1.82, 2.24) is 9.97 Å². The van der Waals surface area contributed by atoms with Crippen LogP contribution in [0.15, 0.2) is 6.33 Å². The second-order valence-corrected chi connectivity index (χ2v) is 4.55. The summed E-state index contributed by atoms with van der Waals surface area (Å²) < 4.78 is 5.27. The van der Waals surface area contributed by atoms with Crippen molar-refractivity contribution in [3.8, 4) is 5.88 Å². The number of nitrogen functional groups attached to an aromatic ring is 1. The predicted molar refractivity (Wildman–Crippen MR) is 67.0 cm³/mol. The lowest BCUT2D eigenvalue weighted by Gasteiger charge is -2.22. The molecule has 0 fully saturated rings. The summed E-state index contributed by atoms with van der Waals surface area (Å²) in [5, 5.41) is 12.2. The summed E-state index contributed by atoms with van der Waals surface area (Å²) in [6.07, 6.45) is 1.40.